The Hall–Kier alpha value is -1.42. The Morgan fingerprint density at radius 1 is 1.03 bits per heavy atom. The van der Waals surface area contributed by atoms with Gasteiger partial charge >= 0.3 is 0 Å². The van der Waals surface area contributed by atoms with Gasteiger partial charge in [-0.25, -0.2) is 4.39 Å². The van der Waals surface area contributed by atoms with Crippen molar-refractivity contribution in [2.75, 3.05) is 20.3 Å². The minimum absolute atomic E-state index is 0.0133. The molecule has 0 spiro atoms. The zero-order valence-electron chi connectivity index (χ0n) is 23.1. The van der Waals surface area contributed by atoms with Gasteiger partial charge in [0.05, 0.1) is 6.04 Å². The summed E-state index contributed by atoms with van der Waals surface area (Å²) in [5.41, 5.74) is 1.17. The molecule has 0 aliphatic heterocycles. The van der Waals surface area contributed by atoms with Crippen molar-refractivity contribution in [3.8, 4) is 0 Å². The van der Waals surface area contributed by atoms with Crippen LogP contribution >= 0.6 is 0 Å². The smallest absolute Gasteiger partial charge is 0.226 e. The molecule has 0 saturated heterocycles. The van der Waals surface area contributed by atoms with Crippen LogP contribution in [0, 0.1) is 52.7 Å². The Labute approximate surface area is 218 Å². The van der Waals surface area contributed by atoms with E-state index >= 15 is 0 Å². The highest BCUT2D eigenvalue weighted by Gasteiger charge is 2.59. The Morgan fingerprint density at radius 2 is 1.78 bits per heavy atom. The number of carbonyl (C=O) groups is 1. The largest absolute Gasteiger partial charge is 0.381 e. The predicted molar refractivity (Wildman–Crippen MR) is 143 cm³/mol. The molecule has 4 aliphatic carbocycles. The molecule has 5 rings (SSSR count). The van der Waals surface area contributed by atoms with E-state index in [1.807, 2.05) is 24.1 Å². The fraction of sp³-hybridized carbons (Fsp3) is 0.781. The summed E-state index contributed by atoms with van der Waals surface area (Å²) in [6.45, 7) is 8.50. The molecule has 0 heterocycles. The number of ether oxygens (including phenoxy) is 1. The number of carbonyl (C=O) groups excluding carboxylic acids is 1. The fourth-order valence-corrected chi connectivity index (χ4v) is 9.61. The van der Waals surface area contributed by atoms with E-state index in [1.165, 1.54) is 63.5 Å². The van der Waals surface area contributed by atoms with Gasteiger partial charge in [0.25, 0.3) is 0 Å². The van der Waals surface area contributed by atoms with Gasteiger partial charge < -0.3 is 9.64 Å². The number of halogens is 1. The monoisotopic (exact) mass is 497 g/mol. The Balaban J connectivity index is 1.27. The number of nitrogens with zero attached hydrogens (tertiary/aromatic N) is 1. The lowest BCUT2D eigenvalue weighted by Gasteiger charge is -2.56. The number of benzene rings is 1. The topological polar surface area (TPSA) is 29.5 Å². The van der Waals surface area contributed by atoms with Crippen LogP contribution in [-0.4, -0.2) is 31.1 Å². The molecule has 4 fully saturated rings. The van der Waals surface area contributed by atoms with Crippen molar-refractivity contribution in [1.82, 2.24) is 4.90 Å². The van der Waals surface area contributed by atoms with E-state index in [2.05, 4.69) is 20.8 Å². The number of amides is 1. The molecule has 0 bridgehead atoms. The van der Waals surface area contributed by atoms with E-state index in [9.17, 15) is 9.18 Å². The van der Waals surface area contributed by atoms with E-state index in [-0.39, 0.29) is 23.2 Å². The van der Waals surface area contributed by atoms with Crippen LogP contribution in [-0.2, 0) is 9.53 Å². The zero-order valence-corrected chi connectivity index (χ0v) is 23.1. The van der Waals surface area contributed by atoms with Gasteiger partial charge in [-0.05, 0) is 130 Å². The van der Waals surface area contributed by atoms with Crippen LogP contribution in [0.25, 0.3) is 0 Å². The summed E-state index contributed by atoms with van der Waals surface area (Å²) >= 11 is 0. The van der Waals surface area contributed by atoms with Crippen molar-refractivity contribution in [2.24, 2.45) is 46.8 Å². The zero-order chi connectivity index (χ0) is 25.4. The van der Waals surface area contributed by atoms with Crippen LogP contribution in [0.15, 0.2) is 24.3 Å². The second-order valence-corrected chi connectivity index (χ2v) is 12.9. The quantitative estimate of drug-likeness (QED) is 0.387. The Morgan fingerprint density at radius 3 is 2.50 bits per heavy atom. The Bertz CT molecular complexity index is 902. The van der Waals surface area contributed by atoms with Crippen LogP contribution in [0.4, 0.5) is 4.39 Å². The summed E-state index contributed by atoms with van der Waals surface area (Å²) in [5.74, 6) is 5.21. The maximum absolute atomic E-state index is 14.0. The Kier molecular flexibility index (Phi) is 7.82. The summed E-state index contributed by atoms with van der Waals surface area (Å²) in [7, 11) is 1.98. The molecule has 0 aromatic heterocycles. The molecule has 4 saturated carbocycles. The predicted octanol–water partition coefficient (Wildman–Crippen LogP) is 7.66. The van der Waals surface area contributed by atoms with Gasteiger partial charge in [-0.1, -0.05) is 26.0 Å². The molecule has 4 aliphatic rings. The molecule has 9 atom stereocenters. The van der Waals surface area contributed by atoms with Crippen molar-refractivity contribution in [2.45, 2.75) is 91.0 Å². The van der Waals surface area contributed by atoms with Crippen LogP contribution in [0.1, 0.15) is 96.6 Å². The second kappa shape index (κ2) is 10.8. The van der Waals surface area contributed by atoms with E-state index in [0.29, 0.717) is 11.8 Å². The maximum Gasteiger partial charge on any atom is 0.226 e. The summed E-state index contributed by atoms with van der Waals surface area (Å²) in [4.78, 5) is 16.0. The molecule has 200 valence electrons. The van der Waals surface area contributed by atoms with Crippen molar-refractivity contribution in [3.63, 3.8) is 0 Å². The van der Waals surface area contributed by atoms with Crippen LogP contribution in [0.3, 0.4) is 0 Å². The van der Waals surface area contributed by atoms with Crippen molar-refractivity contribution in [1.29, 1.82) is 0 Å². The van der Waals surface area contributed by atoms with Crippen LogP contribution < -0.4 is 0 Å². The molecule has 4 heteroatoms. The molecule has 36 heavy (non-hydrogen) atoms. The normalized spacial score (nSPS) is 38.5. The number of fused-ring (bicyclic) bond motifs is 5. The summed E-state index contributed by atoms with van der Waals surface area (Å²) < 4.78 is 19.3. The molecule has 1 aromatic carbocycles. The van der Waals surface area contributed by atoms with Gasteiger partial charge in [0.1, 0.15) is 5.82 Å². The summed E-state index contributed by atoms with van der Waals surface area (Å²) in [6, 6.07) is 6.74. The average Bonchev–Trinajstić information content (AvgIpc) is 3.25. The van der Waals surface area contributed by atoms with Crippen LogP contribution in [0.2, 0.25) is 0 Å². The third-order valence-electron chi connectivity index (χ3n) is 11.4. The molecule has 0 radical (unpaired) electrons. The van der Waals surface area contributed by atoms with E-state index in [0.717, 1.165) is 61.2 Å². The van der Waals surface area contributed by atoms with E-state index < -0.39 is 0 Å². The van der Waals surface area contributed by atoms with Gasteiger partial charge in [-0.2, -0.15) is 0 Å². The first kappa shape index (κ1) is 26.2. The lowest BCUT2D eigenvalue weighted by atomic mass is 9.49. The van der Waals surface area contributed by atoms with Gasteiger partial charge in [0.2, 0.25) is 5.91 Å². The number of rotatable bonds is 7. The van der Waals surface area contributed by atoms with Crippen molar-refractivity contribution < 1.29 is 13.9 Å². The highest BCUT2D eigenvalue weighted by Crippen LogP contribution is 2.64. The van der Waals surface area contributed by atoms with Gasteiger partial charge in [-0.15, -0.1) is 0 Å². The minimum Gasteiger partial charge on any atom is -0.381 e. The molecule has 1 aromatic rings. The standard InChI is InChI=1S/C32H48FNO2/c1-5-30(22-8-11-24(33)12-9-22)34(4)31(35)29-16-15-28-27-14-10-23-19-21(20-36-6-2)7-13-25(23)26(27)17-18-32(28,29)3/h8-9,11-12,21,23,25-30H,5-7,10,13-20H2,1-4H3/t21?,23?,25?,26?,27?,28?,29-,30?,32?/m1/s1. The number of hydrogen-bond acceptors (Lipinski definition) is 2. The van der Waals surface area contributed by atoms with Gasteiger partial charge in [0.15, 0.2) is 0 Å². The van der Waals surface area contributed by atoms with Crippen molar-refractivity contribution >= 4 is 5.91 Å². The highest BCUT2D eigenvalue weighted by molar-refractivity contribution is 5.80. The van der Waals surface area contributed by atoms with Gasteiger partial charge in [-0.3, -0.25) is 4.79 Å². The van der Waals surface area contributed by atoms with Crippen LogP contribution in [0.5, 0.6) is 0 Å². The first-order valence-electron chi connectivity index (χ1n) is 15.0. The summed E-state index contributed by atoms with van der Waals surface area (Å²) in [6.07, 6.45) is 12.5. The molecule has 1 amide bonds. The highest BCUT2D eigenvalue weighted by atomic mass is 19.1. The second-order valence-electron chi connectivity index (χ2n) is 12.9. The van der Waals surface area contributed by atoms with E-state index in [1.54, 1.807) is 0 Å². The van der Waals surface area contributed by atoms with E-state index in [4.69, 9.17) is 4.74 Å². The maximum atomic E-state index is 14.0. The third-order valence-corrected chi connectivity index (χ3v) is 11.4. The molecule has 3 nitrogen and oxygen atoms in total. The first-order valence-corrected chi connectivity index (χ1v) is 15.0. The fourth-order valence-electron chi connectivity index (χ4n) is 9.61. The molecular formula is C32H48FNO2. The molecular weight excluding hydrogens is 449 g/mol. The lowest BCUT2D eigenvalue weighted by molar-refractivity contribution is -0.144. The third kappa shape index (κ3) is 4.65. The lowest BCUT2D eigenvalue weighted by Crippen LogP contribution is -2.51. The number of hydrogen-bond donors (Lipinski definition) is 0. The van der Waals surface area contributed by atoms with Crippen molar-refractivity contribution in [3.05, 3.63) is 35.6 Å². The van der Waals surface area contributed by atoms with Gasteiger partial charge in [0, 0.05) is 26.2 Å². The first-order chi connectivity index (χ1) is 17.4. The summed E-state index contributed by atoms with van der Waals surface area (Å²) in [5, 5.41) is 0. The minimum atomic E-state index is -0.219. The molecule has 0 N–H and O–H groups in total. The molecule has 8 unspecified atom stereocenters. The average molecular weight is 498 g/mol. The SMILES string of the molecule is CCOCC1CCC2C(CCC3C2CCC2(C)C3CC[C@@H]2C(=O)N(C)C(CC)c2ccc(F)cc2)C1.